The molecule has 1 aromatic rings. The number of hydrogen-bond acceptors (Lipinski definition) is 3. The van der Waals surface area contributed by atoms with E-state index in [2.05, 4.69) is 17.1 Å². The Morgan fingerprint density at radius 3 is 2.63 bits per heavy atom. The average Bonchev–Trinajstić information content (AvgIpc) is 2.64. The van der Waals surface area contributed by atoms with E-state index in [1.54, 1.807) is 0 Å². The van der Waals surface area contributed by atoms with E-state index in [0.717, 1.165) is 36.6 Å². The van der Waals surface area contributed by atoms with Crippen LogP contribution < -0.4 is 11.1 Å². The lowest BCUT2D eigenvalue weighted by Gasteiger charge is -2.34. The van der Waals surface area contributed by atoms with Crippen molar-refractivity contribution >= 4 is 17.3 Å². The summed E-state index contributed by atoms with van der Waals surface area (Å²) >= 11 is 5.93. The highest BCUT2D eigenvalue weighted by Gasteiger charge is 2.30. The number of benzene rings is 1. The Bertz CT molecular complexity index is 393. The quantitative estimate of drug-likeness (QED) is 0.892. The van der Waals surface area contributed by atoms with Gasteiger partial charge < -0.3 is 16.0 Å². The zero-order valence-electron chi connectivity index (χ0n) is 11.7. The molecule has 0 amide bonds. The molecule has 1 unspecified atom stereocenters. The van der Waals surface area contributed by atoms with Crippen molar-refractivity contribution in [2.75, 3.05) is 31.5 Å². The summed E-state index contributed by atoms with van der Waals surface area (Å²) in [4.78, 5) is 2.50. The second-order valence-electron chi connectivity index (χ2n) is 5.40. The van der Waals surface area contributed by atoms with Crippen molar-refractivity contribution in [2.24, 2.45) is 5.73 Å². The standard InChI is InChI=1S/C15H24ClN3/c1-2-19-10-3-8-15(12-17,9-11-19)18-14-6-4-13(16)5-7-14/h4-7,18H,2-3,8-12,17H2,1H3. The molecule has 1 atom stereocenters. The largest absolute Gasteiger partial charge is 0.378 e. The van der Waals surface area contributed by atoms with E-state index in [-0.39, 0.29) is 5.54 Å². The predicted molar refractivity (Wildman–Crippen MR) is 82.8 cm³/mol. The Balaban J connectivity index is 2.07. The van der Waals surface area contributed by atoms with Crippen LogP contribution in [0.2, 0.25) is 5.02 Å². The molecular weight excluding hydrogens is 258 g/mol. The van der Waals surface area contributed by atoms with Gasteiger partial charge in [-0.25, -0.2) is 0 Å². The van der Waals surface area contributed by atoms with Gasteiger partial charge in [-0.1, -0.05) is 18.5 Å². The van der Waals surface area contributed by atoms with Gasteiger partial charge in [0.15, 0.2) is 0 Å². The van der Waals surface area contributed by atoms with Gasteiger partial charge in [0.2, 0.25) is 0 Å². The van der Waals surface area contributed by atoms with Crippen molar-refractivity contribution in [3.05, 3.63) is 29.3 Å². The van der Waals surface area contributed by atoms with Crippen LogP contribution in [0.3, 0.4) is 0 Å². The monoisotopic (exact) mass is 281 g/mol. The SMILES string of the molecule is CCN1CCCC(CN)(Nc2ccc(Cl)cc2)CC1. The van der Waals surface area contributed by atoms with Crippen molar-refractivity contribution < 1.29 is 0 Å². The fourth-order valence-electron chi connectivity index (χ4n) is 2.79. The summed E-state index contributed by atoms with van der Waals surface area (Å²) in [5, 5.41) is 4.41. The number of nitrogens with one attached hydrogen (secondary N) is 1. The third-order valence-electron chi connectivity index (χ3n) is 4.13. The Morgan fingerprint density at radius 2 is 2.00 bits per heavy atom. The number of likely N-dealkylation sites (tertiary alicyclic amines) is 1. The van der Waals surface area contributed by atoms with Gasteiger partial charge >= 0.3 is 0 Å². The van der Waals surface area contributed by atoms with Crippen LogP contribution in [0.4, 0.5) is 5.69 Å². The second kappa shape index (κ2) is 6.60. The van der Waals surface area contributed by atoms with Gasteiger partial charge in [0.1, 0.15) is 0 Å². The minimum Gasteiger partial charge on any atom is -0.378 e. The van der Waals surface area contributed by atoms with Crippen molar-refractivity contribution in [1.82, 2.24) is 4.90 Å². The van der Waals surface area contributed by atoms with E-state index in [1.165, 1.54) is 13.0 Å². The van der Waals surface area contributed by atoms with Crippen LogP contribution in [0, 0.1) is 0 Å². The summed E-state index contributed by atoms with van der Waals surface area (Å²) in [6, 6.07) is 7.90. The lowest BCUT2D eigenvalue weighted by Crippen LogP contribution is -2.46. The normalized spacial score (nSPS) is 25.0. The van der Waals surface area contributed by atoms with Crippen molar-refractivity contribution in [1.29, 1.82) is 0 Å². The fraction of sp³-hybridized carbons (Fsp3) is 0.600. The molecule has 106 valence electrons. The molecule has 0 aliphatic carbocycles. The molecule has 19 heavy (non-hydrogen) atoms. The summed E-state index contributed by atoms with van der Waals surface area (Å²) in [5.41, 5.74) is 7.20. The number of nitrogens with two attached hydrogens (primary N) is 1. The lowest BCUT2D eigenvalue weighted by atomic mass is 9.90. The van der Waals surface area contributed by atoms with Gasteiger partial charge in [0.05, 0.1) is 5.54 Å². The first-order valence-electron chi connectivity index (χ1n) is 7.14. The minimum atomic E-state index is 0.0255. The van der Waals surface area contributed by atoms with Crippen LogP contribution in [-0.2, 0) is 0 Å². The van der Waals surface area contributed by atoms with E-state index in [1.807, 2.05) is 24.3 Å². The summed E-state index contributed by atoms with van der Waals surface area (Å²) in [6.07, 6.45) is 3.42. The Morgan fingerprint density at radius 1 is 1.26 bits per heavy atom. The van der Waals surface area contributed by atoms with E-state index < -0.39 is 0 Å². The van der Waals surface area contributed by atoms with Gasteiger partial charge in [-0.2, -0.15) is 0 Å². The van der Waals surface area contributed by atoms with Gasteiger partial charge in [-0.05, 0) is 56.6 Å². The van der Waals surface area contributed by atoms with Gasteiger partial charge in [-0.15, -0.1) is 0 Å². The maximum Gasteiger partial charge on any atom is 0.0508 e. The molecule has 3 N–H and O–H groups in total. The van der Waals surface area contributed by atoms with Crippen LogP contribution in [0.15, 0.2) is 24.3 Å². The molecule has 1 aromatic carbocycles. The second-order valence-corrected chi connectivity index (χ2v) is 5.84. The number of halogens is 1. The third-order valence-corrected chi connectivity index (χ3v) is 4.38. The minimum absolute atomic E-state index is 0.0255. The van der Waals surface area contributed by atoms with Gasteiger partial charge in [0, 0.05) is 23.8 Å². The molecule has 0 aromatic heterocycles. The number of rotatable bonds is 4. The number of nitrogens with zero attached hydrogens (tertiary/aromatic N) is 1. The topological polar surface area (TPSA) is 41.3 Å². The molecule has 1 heterocycles. The maximum atomic E-state index is 6.07. The zero-order chi connectivity index (χ0) is 13.7. The highest BCUT2D eigenvalue weighted by Crippen LogP contribution is 2.27. The van der Waals surface area contributed by atoms with Crippen LogP contribution >= 0.6 is 11.6 Å². The van der Waals surface area contributed by atoms with Crippen LogP contribution in [0.5, 0.6) is 0 Å². The van der Waals surface area contributed by atoms with Crippen LogP contribution in [0.1, 0.15) is 26.2 Å². The lowest BCUT2D eigenvalue weighted by molar-refractivity contribution is 0.293. The van der Waals surface area contributed by atoms with Gasteiger partial charge in [0.25, 0.3) is 0 Å². The fourth-order valence-corrected chi connectivity index (χ4v) is 2.91. The molecule has 3 nitrogen and oxygen atoms in total. The first kappa shape index (κ1) is 14.6. The molecule has 0 radical (unpaired) electrons. The molecule has 1 aliphatic rings. The summed E-state index contributed by atoms with van der Waals surface area (Å²) in [6.45, 7) is 6.33. The molecule has 1 aliphatic heterocycles. The Kier molecular flexibility index (Phi) is 5.08. The summed E-state index contributed by atoms with van der Waals surface area (Å²) in [5.74, 6) is 0. The van der Waals surface area contributed by atoms with Crippen molar-refractivity contribution in [3.63, 3.8) is 0 Å². The molecule has 4 heteroatoms. The smallest absolute Gasteiger partial charge is 0.0508 e. The molecule has 0 saturated carbocycles. The van der Waals surface area contributed by atoms with E-state index >= 15 is 0 Å². The molecule has 1 fully saturated rings. The van der Waals surface area contributed by atoms with E-state index in [0.29, 0.717) is 6.54 Å². The number of anilines is 1. The molecule has 1 saturated heterocycles. The Labute approximate surface area is 121 Å². The van der Waals surface area contributed by atoms with E-state index in [4.69, 9.17) is 17.3 Å². The highest BCUT2D eigenvalue weighted by molar-refractivity contribution is 6.30. The summed E-state index contributed by atoms with van der Waals surface area (Å²) < 4.78 is 0. The van der Waals surface area contributed by atoms with Crippen molar-refractivity contribution in [3.8, 4) is 0 Å². The van der Waals surface area contributed by atoms with Crippen LogP contribution in [0.25, 0.3) is 0 Å². The van der Waals surface area contributed by atoms with E-state index in [9.17, 15) is 0 Å². The average molecular weight is 282 g/mol. The predicted octanol–water partition coefficient (Wildman–Crippen LogP) is 2.96. The molecule has 0 spiro atoms. The summed E-state index contributed by atoms with van der Waals surface area (Å²) in [7, 11) is 0. The molecule has 0 bridgehead atoms. The maximum absolute atomic E-state index is 6.07. The molecule has 2 rings (SSSR count). The third kappa shape index (κ3) is 3.85. The Hall–Kier alpha value is -0.770. The first-order chi connectivity index (χ1) is 9.17. The highest BCUT2D eigenvalue weighted by atomic mass is 35.5. The molecular formula is C15H24ClN3. The van der Waals surface area contributed by atoms with Crippen LogP contribution in [-0.4, -0.2) is 36.6 Å². The van der Waals surface area contributed by atoms with Crippen molar-refractivity contribution in [2.45, 2.75) is 31.7 Å². The number of hydrogen-bond donors (Lipinski definition) is 2. The zero-order valence-corrected chi connectivity index (χ0v) is 12.4. The van der Waals surface area contributed by atoms with Gasteiger partial charge in [-0.3, -0.25) is 0 Å². The first-order valence-corrected chi connectivity index (χ1v) is 7.51.